The summed E-state index contributed by atoms with van der Waals surface area (Å²) in [6, 6.07) is 9.52. The van der Waals surface area contributed by atoms with Gasteiger partial charge in [-0.15, -0.1) is 0 Å². The van der Waals surface area contributed by atoms with Crippen LogP contribution in [-0.2, 0) is 31.1 Å². The van der Waals surface area contributed by atoms with Crippen LogP contribution in [0.2, 0.25) is 0 Å². The van der Waals surface area contributed by atoms with Gasteiger partial charge in [0.1, 0.15) is 0 Å². The number of aromatic nitrogens is 1. The smallest absolute Gasteiger partial charge is 0.399 e. The maximum Gasteiger partial charge on any atom is 0.494 e. The maximum atomic E-state index is 6.47. The number of benzene rings is 1. The van der Waals surface area contributed by atoms with E-state index in [0.29, 0.717) is 0 Å². The van der Waals surface area contributed by atoms with E-state index in [1.807, 2.05) is 0 Å². The molecule has 0 bridgehead atoms. The average Bonchev–Trinajstić information content (AvgIpc) is 3.13. The molecule has 1 saturated heterocycles. The van der Waals surface area contributed by atoms with Crippen molar-refractivity contribution in [3.05, 3.63) is 47.2 Å². The summed E-state index contributed by atoms with van der Waals surface area (Å²) in [6.07, 6.45) is 5.86. The van der Waals surface area contributed by atoms with Gasteiger partial charge in [0, 0.05) is 30.5 Å². The largest absolute Gasteiger partial charge is 0.494 e. The van der Waals surface area contributed by atoms with Gasteiger partial charge in [-0.2, -0.15) is 4.57 Å². The molecule has 1 fully saturated rings. The van der Waals surface area contributed by atoms with Crippen molar-refractivity contribution in [2.45, 2.75) is 135 Å². The Morgan fingerprint density at radius 3 is 1.89 bits per heavy atom. The van der Waals surface area contributed by atoms with Crippen LogP contribution in [-0.4, -0.2) is 18.3 Å². The summed E-state index contributed by atoms with van der Waals surface area (Å²) in [5, 5.41) is 0. The Hall–Kier alpha value is -1.65. The van der Waals surface area contributed by atoms with Crippen molar-refractivity contribution in [1.82, 2.24) is 0 Å². The lowest BCUT2D eigenvalue weighted by Crippen LogP contribution is -2.68. The van der Waals surface area contributed by atoms with Crippen molar-refractivity contribution in [3.8, 4) is 11.3 Å². The van der Waals surface area contributed by atoms with E-state index in [0.717, 1.165) is 18.3 Å². The van der Waals surface area contributed by atoms with E-state index in [4.69, 9.17) is 9.31 Å². The molecule has 4 heteroatoms. The van der Waals surface area contributed by atoms with E-state index in [9.17, 15) is 0 Å². The van der Waals surface area contributed by atoms with E-state index in [-0.39, 0.29) is 40.1 Å². The molecular formula is C32H47BNO2+. The lowest BCUT2D eigenvalue weighted by atomic mass is 9.59. The fourth-order valence-electron chi connectivity index (χ4n) is 7.63. The molecule has 2 aliphatic heterocycles. The Balaban J connectivity index is 1.78. The van der Waals surface area contributed by atoms with Crippen LogP contribution < -0.4 is 10.0 Å². The van der Waals surface area contributed by atoms with E-state index in [2.05, 4.69) is 118 Å². The number of hydrogen-bond donors (Lipinski definition) is 0. The molecule has 2 aromatic rings. The average molecular weight is 489 g/mol. The summed E-state index contributed by atoms with van der Waals surface area (Å²) in [4.78, 5) is 0. The van der Waals surface area contributed by atoms with Crippen LogP contribution in [0.25, 0.3) is 11.3 Å². The van der Waals surface area contributed by atoms with Gasteiger partial charge in [0.05, 0.1) is 16.6 Å². The molecule has 0 spiro atoms. The van der Waals surface area contributed by atoms with Gasteiger partial charge in [0.2, 0.25) is 5.69 Å². The van der Waals surface area contributed by atoms with Gasteiger partial charge in [0.15, 0.2) is 11.7 Å². The zero-order chi connectivity index (χ0) is 26.7. The molecule has 1 aromatic heterocycles. The Kier molecular flexibility index (Phi) is 5.39. The van der Waals surface area contributed by atoms with Crippen LogP contribution in [0.3, 0.4) is 0 Å². The fraction of sp³-hybridized carbons (Fsp3) is 0.656. The van der Waals surface area contributed by atoms with Crippen molar-refractivity contribution in [3.63, 3.8) is 0 Å². The van der Waals surface area contributed by atoms with Crippen molar-refractivity contribution in [1.29, 1.82) is 0 Å². The standard InChI is InChI=1S/C32H47BNO2/c1-13-31(11)23-16-15-21(33-35-29(7,8)30(9,10)36-33)17-22(23)26-18-24-25(19-34(26)32(31,12)14-2)28(5,6)20-27(24,3)4/h15-19H,13-14,20H2,1-12H3/q+1. The Labute approximate surface area is 220 Å². The van der Waals surface area contributed by atoms with Crippen LogP contribution in [0.4, 0.5) is 0 Å². The molecule has 0 amide bonds. The zero-order valence-corrected chi connectivity index (χ0v) is 24.8. The first-order chi connectivity index (χ1) is 16.4. The number of rotatable bonds is 3. The van der Waals surface area contributed by atoms with Crippen molar-refractivity contribution < 1.29 is 13.9 Å². The summed E-state index contributed by atoms with van der Waals surface area (Å²) >= 11 is 0. The molecule has 2 unspecified atom stereocenters. The molecule has 194 valence electrons. The second-order valence-corrected chi connectivity index (χ2v) is 14.5. The molecule has 5 rings (SSSR count). The number of nitrogens with zero attached hydrogens (tertiary/aromatic N) is 1. The van der Waals surface area contributed by atoms with Gasteiger partial charge in [-0.25, -0.2) is 0 Å². The minimum Gasteiger partial charge on any atom is -0.399 e. The highest BCUT2D eigenvalue weighted by Gasteiger charge is 2.58. The lowest BCUT2D eigenvalue weighted by molar-refractivity contribution is -0.765. The molecule has 3 aliphatic rings. The minimum absolute atomic E-state index is 0.00964. The summed E-state index contributed by atoms with van der Waals surface area (Å²) in [6.45, 7) is 27.8. The van der Waals surface area contributed by atoms with E-state index in [1.54, 1.807) is 0 Å². The molecule has 2 atom stereocenters. The van der Waals surface area contributed by atoms with Gasteiger partial charge in [-0.05, 0) is 80.9 Å². The number of pyridine rings is 1. The lowest BCUT2D eigenvalue weighted by Gasteiger charge is -2.46. The first kappa shape index (κ1) is 26.0. The molecule has 3 heterocycles. The number of hydrogen-bond acceptors (Lipinski definition) is 2. The Morgan fingerprint density at radius 1 is 0.750 bits per heavy atom. The maximum absolute atomic E-state index is 6.47. The van der Waals surface area contributed by atoms with Gasteiger partial charge >= 0.3 is 7.12 Å². The predicted octanol–water partition coefficient (Wildman–Crippen LogP) is 6.71. The van der Waals surface area contributed by atoms with Gasteiger partial charge < -0.3 is 9.31 Å². The third-order valence-corrected chi connectivity index (χ3v) is 11.0. The van der Waals surface area contributed by atoms with E-state index in [1.165, 1.54) is 34.4 Å². The van der Waals surface area contributed by atoms with Crippen molar-refractivity contribution in [2.75, 3.05) is 0 Å². The molecule has 3 nitrogen and oxygen atoms in total. The topological polar surface area (TPSA) is 22.3 Å². The van der Waals surface area contributed by atoms with Crippen molar-refractivity contribution in [2.24, 2.45) is 0 Å². The van der Waals surface area contributed by atoms with Crippen LogP contribution in [0.1, 0.15) is 119 Å². The molecule has 0 N–H and O–H groups in total. The normalized spacial score (nSPS) is 30.6. The molecule has 36 heavy (non-hydrogen) atoms. The first-order valence-corrected chi connectivity index (χ1v) is 14.1. The second kappa shape index (κ2) is 7.47. The highest BCUT2D eigenvalue weighted by Crippen LogP contribution is 2.54. The van der Waals surface area contributed by atoms with Gasteiger partial charge in [0.25, 0.3) is 0 Å². The monoisotopic (exact) mass is 488 g/mol. The van der Waals surface area contributed by atoms with Crippen LogP contribution >= 0.6 is 0 Å². The van der Waals surface area contributed by atoms with E-state index >= 15 is 0 Å². The third kappa shape index (κ3) is 3.22. The molecule has 1 aromatic carbocycles. The molecular weight excluding hydrogens is 441 g/mol. The zero-order valence-electron chi connectivity index (χ0n) is 24.8. The minimum atomic E-state index is -0.356. The SMILES string of the molecule is CCC1(C)c2ccc(B3OC(C)(C)C(C)(C)O3)cc2-c2cc3c(c[n+]2C1(C)CC)C(C)(C)CC3(C)C. The molecule has 0 saturated carbocycles. The third-order valence-electron chi connectivity index (χ3n) is 11.0. The first-order valence-electron chi connectivity index (χ1n) is 14.1. The second-order valence-electron chi connectivity index (χ2n) is 14.5. The fourth-order valence-corrected chi connectivity index (χ4v) is 7.63. The van der Waals surface area contributed by atoms with Crippen LogP contribution in [0.5, 0.6) is 0 Å². The van der Waals surface area contributed by atoms with Crippen LogP contribution in [0, 0.1) is 0 Å². The summed E-state index contributed by atoms with van der Waals surface area (Å²) in [5.41, 5.74) is 7.86. The van der Waals surface area contributed by atoms with Crippen molar-refractivity contribution >= 4 is 12.6 Å². The van der Waals surface area contributed by atoms with E-state index < -0.39 is 0 Å². The van der Waals surface area contributed by atoms with Crippen LogP contribution in [0.15, 0.2) is 30.5 Å². The highest BCUT2D eigenvalue weighted by molar-refractivity contribution is 6.62. The summed E-state index contributed by atoms with van der Waals surface area (Å²) in [5.74, 6) is 0. The highest BCUT2D eigenvalue weighted by atomic mass is 16.7. The van der Waals surface area contributed by atoms with Gasteiger partial charge in [-0.3, -0.25) is 0 Å². The summed E-state index contributed by atoms with van der Waals surface area (Å²) < 4.78 is 15.6. The van der Waals surface area contributed by atoms with Gasteiger partial charge in [-0.1, -0.05) is 53.7 Å². The Morgan fingerprint density at radius 2 is 1.33 bits per heavy atom. The number of fused-ring (bicyclic) bond motifs is 4. The quantitative estimate of drug-likeness (QED) is 0.354. The Bertz CT molecular complexity index is 1230. The molecule has 0 radical (unpaired) electrons. The molecule has 1 aliphatic carbocycles. The predicted molar refractivity (Wildman–Crippen MR) is 150 cm³/mol. The summed E-state index contributed by atoms with van der Waals surface area (Å²) in [7, 11) is -0.356.